The zero-order chi connectivity index (χ0) is 9.42. The number of aromatic hydroxyl groups is 1. The molecule has 0 bridgehead atoms. The van der Waals surface area contributed by atoms with Crippen LogP contribution in [0.1, 0.15) is 0 Å². The molecule has 0 aliphatic carbocycles. The number of benzene rings is 1. The molecule has 1 aromatic carbocycles. The Hall–Kier alpha value is -1.16. The molecule has 2 rings (SSSR count). The van der Waals surface area contributed by atoms with Gasteiger partial charge in [0, 0.05) is 22.1 Å². The molecule has 0 saturated heterocycles. The lowest BCUT2D eigenvalue weighted by atomic mass is 10.2. The average molecular weight is 242 g/mol. The van der Waals surface area contributed by atoms with Gasteiger partial charge in [-0.05, 0) is 28.1 Å². The summed E-state index contributed by atoms with van der Waals surface area (Å²) in [5.41, 5.74) is 0.571. The summed E-state index contributed by atoms with van der Waals surface area (Å²) < 4.78 is 13.7. The third-order valence-electron chi connectivity index (χ3n) is 1.72. The van der Waals surface area contributed by atoms with Crippen LogP contribution in [0.3, 0.4) is 0 Å². The number of phenolic OH excluding ortho intramolecular Hbond substituents is 1. The molecule has 0 radical (unpaired) electrons. The van der Waals surface area contributed by atoms with E-state index in [1.54, 1.807) is 12.3 Å². The number of nitrogens with zero attached hydrogens (tertiary/aromatic N) is 1. The van der Waals surface area contributed by atoms with Crippen LogP contribution >= 0.6 is 15.9 Å². The average Bonchev–Trinajstić information content (AvgIpc) is 2.08. The largest absolute Gasteiger partial charge is 0.505 e. The molecule has 4 heteroatoms. The van der Waals surface area contributed by atoms with Gasteiger partial charge in [-0.1, -0.05) is 0 Å². The summed E-state index contributed by atoms with van der Waals surface area (Å²) in [5, 5.41) is 9.72. The van der Waals surface area contributed by atoms with Crippen molar-refractivity contribution >= 4 is 26.8 Å². The minimum atomic E-state index is -0.632. The fourth-order valence-electron chi connectivity index (χ4n) is 1.11. The highest BCUT2D eigenvalue weighted by Crippen LogP contribution is 2.24. The number of pyridine rings is 1. The Bertz CT molecular complexity index is 472. The molecule has 1 heterocycles. The summed E-state index contributed by atoms with van der Waals surface area (Å²) in [5.74, 6) is -1.00. The van der Waals surface area contributed by atoms with Gasteiger partial charge in [0.1, 0.15) is 0 Å². The van der Waals surface area contributed by atoms with Crippen molar-refractivity contribution in [2.45, 2.75) is 0 Å². The standard InChI is InChI=1S/C9H5BrFNO/c10-6-1-5-2-7(11)9(13)3-8(5)12-4-6/h1-4,13H. The summed E-state index contributed by atoms with van der Waals surface area (Å²) in [7, 11) is 0. The molecule has 1 N–H and O–H groups in total. The van der Waals surface area contributed by atoms with E-state index in [0.29, 0.717) is 10.9 Å². The van der Waals surface area contributed by atoms with E-state index in [1.165, 1.54) is 12.1 Å². The van der Waals surface area contributed by atoms with Gasteiger partial charge < -0.3 is 5.11 Å². The number of hydrogen-bond acceptors (Lipinski definition) is 2. The Balaban J connectivity index is 2.81. The Labute approximate surface area is 82.2 Å². The fraction of sp³-hybridized carbons (Fsp3) is 0. The third kappa shape index (κ3) is 1.49. The first-order chi connectivity index (χ1) is 6.16. The summed E-state index contributed by atoms with van der Waals surface area (Å²) in [6, 6.07) is 4.30. The second-order valence-electron chi connectivity index (χ2n) is 2.65. The number of fused-ring (bicyclic) bond motifs is 1. The molecule has 0 spiro atoms. The first kappa shape index (κ1) is 8.44. The molecular weight excluding hydrogens is 237 g/mol. The van der Waals surface area contributed by atoms with Crippen LogP contribution in [0.2, 0.25) is 0 Å². The maximum atomic E-state index is 12.9. The van der Waals surface area contributed by atoms with Crippen LogP contribution in [0.5, 0.6) is 5.75 Å². The van der Waals surface area contributed by atoms with E-state index < -0.39 is 5.82 Å². The quantitative estimate of drug-likeness (QED) is 0.770. The normalized spacial score (nSPS) is 10.6. The number of rotatable bonds is 0. The Kier molecular flexibility index (Phi) is 1.92. The van der Waals surface area contributed by atoms with Gasteiger partial charge >= 0.3 is 0 Å². The minimum Gasteiger partial charge on any atom is -0.505 e. The van der Waals surface area contributed by atoms with Crippen molar-refractivity contribution < 1.29 is 9.50 Å². The zero-order valence-corrected chi connectivity index (χ0v) is 8.05. The van der Waals surface area contributed by atoms with Crippen LogP contribution in [0.15, 0.2) is 28.9 Å². The molecule has 0 unspecified atom stereocenters. The molecule has 13 heavy (non-hydrogen) atoms. The highest BCUT2D eigenvalue weighted by Gasteiger charge is 2.03. The maximum Gasteiger partial charge on any atom is 0.165 e. The van der Waals surface area contributed by atoms with Crippen molar-refractivity contribution in [3.05, 3.63) is 34.7 Å². The lowest BCUT2D eigenvalue weighted by Crippen LogP contribution is -1.82. The summed E-state index contributed by atoms with van der Waals surface area (Å²) >= 11 is 3.23. The van der Waals surface area contributed by atoms with Crippen molar-refractivity contribution in [1.82, 2.24) is 4.98 Å². The predicted molar refractivity (Wildman–Crippen MR) is 51.1 cm³/mol. The van der Waals surface area contributed by atoms with E-state index in [2.05, 4.69) is 20.9 Å². The van der Waals surface area contributed by atoms with E-state index in [0.717, 1.165) is 4.47 Å². The second kappa shape index (κ2) is 2.96. The fourth-order valence-corrected chi connectivity index (χ4v) is 1.46. The lowest BCUT2D eigenvalue weighted by molar-refractivity contribution is 0.433. The van der Waals surface area contributed by atoms with Crippen molar-refractivity contribution in [1.29, 1.82) is 0 Å². The van der Waals surface area contributed by atoms with Crippen LogP contribution in [0.25, 0.3) is 10.9 Å². The highest BCUT2D eigenvalue weighted by atomic mass is 79.9. The molecule has 2 nitrogen and oxygen atoms in total. The van der Waals surface area contributed by atoms with Gasteiger partial charge in [0.2, 0.25) is 0 Å². The minimum absolute atomic E-state index is 0.373. The topological polar surface area (TPSA) is 33.1 Å². The van der Waals surface area contributed by atoms with E-state index in [1.807, 2.05) is 0 Å². The van der Waals surface area contributed by atoms with Crippen molar-refractivity contribution in [3.63, 3.8) is 0 Å². The second-order valence-corrected chi connectivity index (χ2v) is 3.57. The van der Waals surface area contributed by atoms with Gasteiger partial charge in [-0.2, -0.15) is 0 Å². The van der Waals surface area contributed by atoms with Gasteiger partial charge in [0.25, 0.3) is 0 Å². The molecule has 1 aromatic heterocycles. The first-order valence-corrected chi connectivity index (χ1v) is 4.40. The van der Waals surface area contributed by atoms with Crippen molar-refractivity contribution in [2.24, 2.45) is 0 Å². The molecule has 2 aromatic rings. The van der Waals surface area contributed by atoms with Crippen molar-refractivity contribution in [2.75, 3.05) is 0 Å². The number of aromatic nitrogens is 1. The van der Waals surface area contributed by atoms with Crippen LogP contribution in [-0.4, -0.2) is 10.1 Å². The zero-order valence-electron chi connectivity index (χ0n) is 6.46. The molecule has 0 atom stereocenters. The highest BCUT2D eigenvalue weighted by molar-refractivity contribution is 9.10. The molecular formula is C9H5BrFNO. The predicted octanol–water partition coefficient (Wildman–Crippen LogP) is 2.84. The van der Waals surface area contributed by atoms with E-state index in [4.69, 9.17) is 5.11 Å². The smallest absolute Gasteiger partial charge is 0.165 e. The monoisotopic (exact) mass is 241 g/mol. The maximum absolute atomic E-state index is 12.9. The number of hydrogen-bond donors (Lipinski definition) is 1. The SMILES string of the molecule is Oc1cc2ncc(Br)cc2cc1F. The van der Waals surface area contributed by atoms with Gasteiger partial charge in [-0.3, -0.25) is 4.98 Å². The Morgan fingerprint density at radius 2 is 2.08 bits per heavy atom. The van der Waals surface area contributed by atoms with Gasteiger partial charge in [0.05, 0.1) is 5.52 Å². The molecule has 0 amide bonds. The van der Waals surface area contributed by atoms with E-state index in [-0.39, 0.29) is 5.75 Å². The molecule has 0 aliphatic heterocycles. The van der Waals surface area contributed by atoms with Gasteiger partial charge in [-0.15, -0.1) is 0 Å². The van der Waals surface area contributed by atoms with Crippen LogP contribution < -0.4 is 0 Å². The lowest BCUT2D eigenvalue weighted by Gasteiger charge is -1.99. The molecule has 66 valence electrons. The first-order valence-electron chi connectivity index (χ1n) is 3.60. The summed E-state index contributed by atoms with van der Waals surface area (Å²) in [6.07, 6.45) is 1.60. The molecule has 0 saturated carbocycles. The van der Waals surface area contributed by atoms with Crippen molar-refractivity contribution in [3.8, 4) is 5.75 Å². The molecule has 0 fully saturated rings. The van der Waals surface area contributed by atoms with Crippen LogP contribution in [0.4, 0.5) is 4.39 Å². The van der Waals surface area contributed by atoms with Crippen LogP contribution in [-0.2, 0) is 0 Å². The summed E-state index contributed by atoms with van der Waals surface area (Å²) in [6.45, 7) is 0. The van der Waals surface area contributed by atoms with E-state index >= 15 is 0 Å². The van der Waals surface area contributed by atoms with E-state index in [9.17, 15) is 4.39 Å². The van der Waals surface area contributed by atoms with Gasteiger partial charge in [0.15, 0.2) is 11.6 Å². The third-order valence-corrected chi connectivity index (χ3v) is 2.15. The number of halogens is 2. The van der Waals surface area contributed by atoms with Crippen LogP contribution in [0, 0.1) is 5.82 Å². The summed E-state index contributed by atoms with van der Waals surface area (Å²) in [4.78, 5) is 4.01. The molecule has 0 aliphatic rings. The number of phenols is 1. The Morgan fingerprint density at radius 3 is 2.85 bits per heavy atom. The Morgan fingerprint density at radius 1 is 1.31 bits per heavy atom. The van der Waals surface area contributed by atoms with Gasteiger partial charge in [-0.25, -0.2) is 4.39 Å².